The maximum Gasteiger partial charge on any atom is 0.320 e. The molecule has 0 aliphatic heterocycles. The van der Waals surface area contributed by atoms with Gasteiger partial charge >= 0.3 is 23.9 Å². The molecule has 0 unspecified atom stereocenters. The minimum Gasteiger partial charge on any atom is -0.465 e. The molecule has 0 amide bonds. The van der Waals surface area contributed by atoms with E-state index in [0.29, 0.717) is 11.1 Å². The van der Waals surface area contributed by atoms with Crippen LogP contribution in [0, 0.1) is 11.8 Å². The van der Waals surface area contributed by atoms with Crippen molar-refractivity contribution in [2.24, 2.45) is 11.8 Å². The first-order valence-electron chi connectivity index (χ1n) is 10.1. The van der Waals surface area contributed by atoms with Gasteiger partial charge in [0.25, 0.3) is 0 Å². The lowest BCUT2D eigenvalue weighted by Crippen LogP contribution is -2.30. The van der Waals surface area contributed by atoms with Crippen LogP contribution in [0.5, 0.6) is 0 Å². The largest absolute Gasteiger partial charge is 0.465 e. The molecule has 0 bridgehead atoms. The van der Waals surface area contributed by atoms with Crippen LogP contribution in [0.15, 0.2) is 24.3 Å². The van der Waals surface area contributed by atoms with Crippen LogP contribution >= 0.6 is 0 Å². The van der Waals surface area contributed by atoms with E-state index in [-0.39, 0.29) is 39.3 Å². The van der Waals surface area contributed by atoms with Gasteiger partial charge in [0, 0.05) is 0 Å². The molecule has 166 valence electrons. The van der Waals surface area contributed by atoms with Gasteiger partial charge in [-0.2, -0.15) is 0 Å². The first-order valence-corrected chi connectivity index (χ1v) is 10.1. The van der Waals surface area contributed by atoms with Gasteiger partial charge in [-0.3, -0.25) is 19.2 Å². The third-order valence-electron chi connectivity index (χ3n) is 4.19. The van der Waals surface area contributed by atoms with Gasteiger partial charge in [-0.15, -0.1) is 0 Å². The zero-order valence-corrected chi connectivity index (χ0v) is 18.0. The third kappa shape index (κ3) is 7.85. The molecule has 0 heterocycles. The van der Waals surface area contributed by atoms with Crippen molar-refractivity contribution in [2.45, 2.75) is 40.5 Å². The number of carbonyl (C=O) groups excluding carboxylic acids is 4. The molecule has 0 aromatic heterocycles. The Labute approximate surface area is 176 Å². The van der Waals surface area contributed by atoms with Crippen LogP contribution in [0.25, 0.3) is 0 Å². The number of rotatable bonds is 12. The first-order chi connectivity index (χ1) is 14.4. The molecule has 0 radical (unpaired) electrons. The molecule has 0 N–H and O–H groups in total. The summed E-state index contributed by atoms with van der Waals surface area (Å²) in [6.45, 7) is 7.31. The third-order valence-corrected chi connectivity index (χ3v) is 4.19. The van der Waals surface area contributed by atoms with Crippen LogP contribution in [0.3, 0.4) is 0 Å². The number of benzene rings is 1. The normalized spacial score (nSPS) is 10.6. The van der Waals surface area contributed by atoms with Crippen molar-refractivity contribution in [3.63, 3.8) is 0 Å². The molecule has 0 saturated heterocycles. The number of hydrogen-bond acceptors (Lipinski definition) is 8. The van der Waals surface area contributed by atoms with Crippen LogP contribution in [0.1, 0.15) is 38.8 Å². The summed E-state index contributed by atoms with van der Waals surface area (Å²) in [6, 6.07) is 6.92. The van der Waals surface area contributed by atoms with E-state index < -0.39 is 35.7 Å². The molecule has 1 aromatic rings. The minimum atomic E-state index is -1.05. The molecule has 0 fully saturated rings. The predicted octanol–water partition coefficient (Wildman–Crippen LogP) is 2.26. The highest BCUT2D eigenvalue weighted by Gasteiger charge is 2.31. The molecular formula is C22H30O8. The molecule has 1 aromatic carbocycles. The number of hydrogen-bond donors (Lipinski definition) is 0. The Morgan fingerprint density at radius 1 is 0.567 bits per heavy atom. The van der Waals surface area contributed by atoms with Crippen LogP contribution in [0.4, 0.5) is 0 Å². The highest BCUT2D eigenvalue weighted by atomic mass is 16.6. The maximum atomic E-state index is 12.1. The van der Waals surface area contributed by atoms with Crippen LogP contribution in [-0.2, 0) is 51.0 Å². The van der Waals surface area contributed by atoms with Crippen molar-refractivity contribution in [3.8, 4) is 0 Å². The SMILES string of the molecule is CCOC(=O)C(Cc1ccc(CC(C(=O)OCC)C(=O)OCC)cc1)C(=O)OCC. The van der Waals surface area contributed by atoms with E-state index in [9.17, 15) is 19.2 Å². The fourth-order valence-corrected chi connectivity index (χ4v) is 2.78. The summed E-state index contributed by atoms with van der Waals surface area (Å²) in [6.07, 6.45) is 0.244. The molecular weight excluding hydrogens is 392 g/mol. The Morgan fingerprint density at radius 2 is 0.800 bits per heavy atom. The zero-order chi connectivity index (χ0) is 22.5. The summed E-state index contributed by atoms with van der Waals surface area (Å²) in [5, 5.41) is 0. The van der Waals surface area contributed by atoms with Gasteiger partial charge in [-0.25, -0.2) is 0 Å². The predicted molar refractivity (Wildman–Crippen MR) is 107 cm³/mol. The van der Waals surface area contributed by atoms with Crippen molar-refractivity contribution in [1.82, 2.24) is 0 Å². The summed E-state index contributed by atoms with van der Waals surface area (Å²) in [4.78, 5) is 48.5. The Bertz CT molecular complexity index is 613. The molecule has 0 saturated carbocycles. The summed E-state index contributed by atoms with van der Waals surface area (Å²) in [5.41, 5.74) is 1.43. The van der Waals surface area contributed by atoms with Crippen molar-refractivity contribution in [1.29, 1.82) is 0 Å². The summed E-state index contributed by atoms with van der Waals surface area (Å²) < 4.78 is 19.9. The molecule has 8 nitrogen and oxygen atoms in total. The topological polar surface area (TPSA) is 105 Å². The van der Waals surface area contributed by atoms with E-state index in [2.05, 4.69) is 0 Å². The first kappa shape index (κ1) is 25.1. The fraction of sp³-hybridized carbons (Fsp3) is 0.545. The summed E-state index contributed by atoms with van der Waals surface area (Å²) >= 11 is 0. The molecule has 30 heavy (non-hydrogen) atoms. The monoisotopic (exact) mass is 422 g/mol. The number of ether oxygens (including phenoxy) is 4. The average molecular weight is 422 g/mol. The van der Waals surface area contributed by atoms with Crippen LogP contribution < -0.4 is 0 Å². The number of carbonyl (C=O) groups is 4. The van der Waals surface area contributed by atoms with Crippen LogP contribution in [0.2, 0.25) is 0 Å². The lowest BCUT2D eigenvalue weighted by atomic mass is 9.95. The number of esters is 4. The Balaban J connectivity index is 2.93. The zero-order valence-electron chi connectivity index (χ0n) is 18.0. The molecule has 0 aliphatic rings. The fourth-order valence-electron chi connectivity index (χ4n) is 2.78. The highest BCUT2D eigenvalue weighted by molar-refractivity contribution is 5.95. The summed E-state index contributed by atoms with van der Waals surface area (Å²) in [7, 11) is 0. The van der Waals surface area contributed by atoms with Crippen LogP contribution in [-0.4, -0.2) is 50.3 Å². The molecule has 0 spiro atoms. The quantitative estimate of drug-likeness (QED) is 0.287. The molecule has 0 atom stereocenters. The lowest BCUT2D eigenvalue weighted by Gasteiger charge is -2.16. The molecule has 1 rings (SSSR count). The minimum absolute atomic E-state index is 0.122. The second-order valence-electron chi connectivity index (χ2n) is 6.34. The van der Waals surface area contributed by atoms with Gasteiger partial charge in [-0.1, -0.05) is 24.3 Å². The van der Waals surface area contributed by atoms with E-state index in [1.54, 1.807) is 52.0 Å². The second-order valence-corrected chi connectivity index (χ2v) is 6.34. The van der Waals surface area contributed by atoms with Crippen molar-refractivity contribution >= 4 is 23.9 Å². The molecule has 8 heteroatoms. The van der Waals surface area contributed by atoms with E-state index in [1.165, 1.54) is 0 Å². The highest BCUT2D eigenvalue weighted by Crippen LogP contribution is 2.17. The van der Waals surface area contributed by atoms with Gasteiger partial charge in [0.15, 0.2) is 11.8 Å². The van der Waals surface area contributed by atoms with Gasteiger partial charge in [0.2, 0.25) is 0 Å². The van der Waals surface area contributed by atoms with E-state index in [4.69, 9.17) is 18.9 Å². The van der Waals surface area contributed by atoms with Crippen molar-refractivity contribution in [2.75, 3.05) is 26.4 Å². The summed E-state index contributed by atoms with van der Waals surface area (Å²) in [5.74, 6) is -4.64. The standard InChI is InChI=1S/C22H30O8/c1-5-27-19(23)17(20(24)28-6-2)13-15-9-11-16(12-10-15)14-18(21(25)29-7-3)22(26)30-8-4/h9-12,17-18H,5-8,13-14H2,1-4H3. The van der Waals surface area contributed by atoms with Gasteiger partial charge in [0.1, 0.15) is 0 Å². The van der Waals surface area contributed by atoms with E-state index in [1.807, 2.05) is 0 Å². The Morgan fingerprint density at radius 3 is 1.00 bits per heavy atom. The van der Waals surface area contributed by atoms with Crippen molar-refractivity contribution in [3.05, 3.63) is 35.4 Å². The van der Waals surface area contributed by atoms with Gasteiger partial charge in [-0.05, 0) is 51.7 Å². The smallest absolute Gasteiger partial charge is 0.320 e. The maximum absolute atomic E-state index is 12.1. The van der Waals surface area contributed by atoms with Crippen molar-refractivity contribution < 1.29 is 38.1 Å². The Kier molecular flexibility index (Phi) is 11.2. The average Bonchev–Trinajstić information content (AvgIpc) is 2.71. The van der Waals surface area contributed by atoms with Gasteiger partial charge in [0.05, 0.1) is 26.4 Å². The van der Waals surface area contributed by atoms with E-state index in [0.717, 1.165) is 0 Å². The van der Waals surface area contributed by atoms with Gasteiger partial charge < -0.3 is 18.9 Å². The lowest BCUT2D eigenvalue weighted by molar-refractivity contribution is -0.163. The Hall–Kier alpha value is -2.90. The second kappa shape index (κ2) is 13.3. The van der Waals surface area contributed by atoms with E-state index >= 15 is 0 Å². The molecule has 0 aliphatic carbocycles.